The Bertz CT molecular complexity index is 1380. The highest BCUT2D eigenvalue weighted by Crippen LogP contribution is 2.50. The summed E-state index contributed by atoms with van der Waals surface area (Å²) in [7, 11) is 0. The van der Waals surface area contributed by atoms with E-state index in [1.54, 1.807) is 24.3 Å². The number of benzene rings is 3. The number of hydrogen-bond acceptors (Lipinski definition) is 4. The minimum Gasteiger partial charge on any atom is -0.508 e. The lowest BCUT2D eigenvalue weighted by Crippen LogP contribution is -2.34. The minimum absolute atomic E-state index is 0.183. The minimum atomic E-state index is -1.06. The van der Waals surface area contributed by atoms with Crippen molar-refractivity contribution in [1.29, 1.82) is 0 Å². The summed E-state index contributed by atoms with van der Waals surface area (Å²) in [6.45, 7) is 2.02. The molecule has 0 fully saturated rings. The van der Waals surface area contributed by atoms with Crippen molar-refractivity contribution < 1.29 is 19.7 Å². The van der Waals surface area contributed by atoms with Gasteiger partial charge in [0.2, 0.25) is 0 Å². The van der Waals surface area contributed by atoms with Gasteiger partial charge in [-0.1, -0.05) is 85.8 Å². The molecule has 164 valence electrons. The third kappa shape index (κ3) is 3.35. The monoisotopic (exact) mass is 436 g/mol. The summed E-state index contributed by atoms with van der Waals surface area (Å²) in [6.07, 6.45) is 11.9. The lowest BCUT2D eigenvalue weighted by molar-refractivity contribution is -0.00398. The number of carbonyl (C=O) groups excluding carboxylic acids is 1. The third-order valence-corrected chi connectivity index (χ3v) is 6.50. The first-order chi connectivity index (χ1) is 16.0. The van der Waals surface area contributed by atoms with Gasteiger partial charge in [0.25, 0.3) is 0 Å². The molecule has 0 radical (unpaired) electrons. The zero-order chi connectivity index (χ0) is 23.0. The van der Waals surface area contributed by atoms with Crippen LogP contribution in [0.1, 0.15) is 34.8 Å². The van der Waals surface area contributed by atoms with Gasteiger partial charge < -0.3 is 14.9 Å². The number of esters is 1. The zero-order valence-corrected chi connectivity index (χ0v) is 18.2. The van der Waals surface area contributed by atoms with Crippen LogP contribution in [0.5, 0.6) is 5.75 Å². The highest BCUT2D eigenvalue weighted by atomic mass is 16.6. The fraction of sp³-hybridized carbons (Fsp3) is 0.138. The van der Waals surface area contributed by atoms with Crippen LogP contribution in [0.4, 0.5) is 0 Å². The van der Waals surface area contributed by atoms with Gasteiger partial charge in [0.05, 0.1) is 5.56 Å². The Morgan fingerprint density at radius 1 is 0.970 bits per heavy atom. The molecule has 2 unspecified atom stereocenters. The Labute approximate surface area is 192 Å². The maximum atomic E-state index is 13.0. The van der Waals surface area contributed by atoms with Crippen LogP contribution in [0, 0.1) is 5.92 Å². The van der Waals surface area contributed by atoms with E-state index in [0.29, 0.717) is 17.4 Å². The quantitative estimate of drug-likeness (QED) is 0.459. The molecule has 0 bridgehead atoms. The second-order valence-electron chi connectivity index (χ2n) is 8.40. The number of ether oxygens (including phenoxy) is 1. The first-order valence-corrected chi connectivity index (χ1v) is 11.0. The van der Waals surface area contributed by atoms with Crippen LogP contribution < -0.4 is 0 Å². The lowest BCUT2D eigenvalue weighted by atomic mass is 9.74. The molecule has 4 nitrogen and oxygen atoms in total. The molecule has 5 rings (SSSR count). The number of allylic oxidation sites excluding steroid dienone is 6. The van der Waals surface area contributed by atoms with Crippen LogP contribution in [0.2, 0.25) is 0 Å². The summed E-state index contributed by atoms with van der Waals surface area (Å²) < 4.78 is 6.21. The van der Waals surface area contributed by atoms with Crippen molar-refractivity contribution >= 4 is 16.7 Å². The summed E-state index contributed by atoms with van der Waals surface area (Å²) in [5.74, 6) is -0.158. The van der Waals surface area contributed by atoms with Crippen LogP contribution in [0.25, 0.3) is 10.8 Å². The Morgan fingerprint density at radius 3 is 2.58 bits per heavy atom. The number of phenolic OH excluding ortho intramolecular Hbond substituents is 1. The van der Waals surface area contributed by atoms with Crippen molar-refractivity contribution in [2.45, 2.75) is 18.9 Å². The Kier molecular flexibility index (Phi) is 5.14. The molecule has 2 N–H and O–H groups in total. The fourth-order valence-electron chi connectivity index (χ4n) is 4.84. The first-order valence-electron chi connectivity index (χ1n) is 11.0. The highest BCUT2D eigenvalue weighted by molar-refractivity contribution is 5.98. The molecule has 3 aromatic carbocycles. The van der Waals surface area contributed by atoms with Gasteiger partial charge in [0, 0.05) is 22.4 Å². The predicted molar refractivity (Wildman–Crippen MR) is 129 cm³/mol. The van der Waals surface area contributed by atoms with E-state index >= 15 is 0 Å². The standard InChI is InChI=1S/C29H24O4/c1-19(9-6-11-20-10-2-5-17-26(20)30)29(25-15-4-3-12-23(25)28(32)33-29)24-16-7-14-22-21(24)13-8-18-27(22)31/h2-9,11-19,30-31H,10H2,1H3/b9-6-,20-11+. The predicted octanol–water partition coefficient (Wildman–Crippen LogP) is 6.48. The average molecular weight is 437 g/mol. The summed E-state index contributed by atoms with van der Waals surface area (Å²) in [4.78, 5) is 13.0. The van der Waals surface area contributed by atoms with Crippen LogP contribution >= 0.6 is 0 Å². The number of rotatable bonds is 4. The van der Waals surface area contributed by atoms with E-state index in [4.69, 9.17) is 4.74 Å². The first kappa shape index (κ1) is 20.8. The van der Waals surface area contributed by atoms with Gasteiger partial charge in [-0.25, -0.2) is 4.79 Å². The number of carbonyl (C=O) groups is 1. The SMILES string of the molecule is CC(/C=C\C=C1/CC=CC=C1O)C1(c2cccc3c(O)cccc23)OC(=O)c2ccccc21. The van der Waals surface area contributed by atoms with Gasteiger partial charge in [-0.3, -0.25) is 0 Å². The van der Waals surface area contributed by atoms with E-state index in [0.717, 1.165) is 22.1 Å². The van der Waals surface area contributed by atoms with Gasteiger partial charge in [-0.15, -0.1) is 0 Å². The van der Waals surface area contributed by atoms with Gasteiger partial charge >= 0.3 is 5.97 Å². The number of aromatic hydroxyl groups is 1. The van der Waals surface area contributed by atoms with Gasteiger partial charge in [-0.05, 0) is 35.6 Å². The largest absolute Gasteiger partial charge is 0.508 e. The highest BCUT2D eigenvalue weighted by Gasteiger charge is 2.50. The molecule has 4 heteroatoms. The molecule has 0 saturated carbocycles. The number of aliphatic hydroxyl groups is 1. The van der Waals surface area contributed by atoms with E-state index in [1.807, 2.05) is 79.8 Å². The second-order valence-corrected chi connectivity index (χ2v) is 8.40. The topological polar surface area (TPSA) is 66.8 Å². The maximum absolute atomic E-state index is 13.0. The fourth-order valence-corrected chi connectivity index (χ4v) is 4.84. The number of phenols is 1. The molecule has 2 atom stereocenters. The van der Waals surface area contributed by atoms with Crippen molar-refractivity contribution in [3.05, 3.63) is 125 Å². The number of fused-ring (bicyclic) bond motifs is 2. The molecule has 0 spiro atoms. The van der Waals surface area contributed by atoms with Crippen molar-refractivity contribution in [2.24, 2.45) is 5.92 Å². The van der Waals surface area contributed by atoms with Crippen molar-refractivity contribution in [1.82, 2.24) is 0 Å². The molecule has 1 aliphatic heterocycles. The normalized spacial score (nSPS) is 21.9. The Balaban J connectivity index is 1.68. The van der Waals surface area contributed by atoms with Crippen LogP contribution in [0.3, 0.4) is 0 Å². The number of aliphatic hydroxyl groups excluding tert-OH is 1. The molecular weight excluding hydrogens is 412 g/mol. The number of cyclic esters (lactones) is 1. The van der Waals surface area contributed by atoms with E-state index in [-0.39, 0.29) is 23.4 Å². The molecule has 1 heterocycles. The third-order valence-electron chi connectivity index (χ3n) is 6.50. The van der Waals surface area contributed by atoms with Crippen molar-refractivity contribution in [3.63, 3.8) is 0 Å². The average Bonchev–Trinajstić information content (AvgIpc) is 3.14. The van der Waals surface area contributed by atoms with Crippen LogP contribution in [0.15, 0.2) is 108 Å². The zero-order valence-electron chi connectivity index (χ0n) is 18.2. The molecule has 3 aromatic rings. The van der Waals surface area contributed by atoms with E-state index in [1.165, 1.54) is 0 Å². The summed E-state index contributed by atoms with van der Waals surface area (Å²) in [5, 5.41) is 22.1. The number of hydrogen-bond donors (Lipinski definition) is 2. The molecular formula is C29H24O4. The van der Waals surface area contributed by atoms with Gasteiger partial charge in [-0.2, -0.15) is 0 Å². The Hall–Kier alpha value is -4.05. The van der Waals surface area contributed by atoms with E-state index in [9.17, 15) is 15.0 Å². The van der Waals surface area contributed by atoms with E-state index in [2.05, 4.69) is 0 Å². The maximum Gasteiger partial charge on any atom is 0.339 e. The van der Waals surface area contributed by atoms with Crippen LogP contribution in [-0.2, 0) is 10.3 Å². The van der Waals surface area contributed by atoms with Crippen molar-refractivity contribution in [2.75, 3.05) is 0 Å². The van der Waals surface area contributed by atoms with Gasteiger partial charge in [0.1, 0.15) is 11.5 Å². The van der Waals surface area contributed by atoms with E-state index < -0.39 is 5.60 Å². The smallest absolute Gasteiger partial charge is 0.339 e. The molecule has 33 heavy (non-hydrogen) atoms. The summed E-state index contributed by atoms with van der Waals surface area (Å²) in [5.41, 5.74) is 1.95. The molecule has 2 aliphatic rings. The summed E-state index contributed by atoms with van der Waals surface area (Å²) >= 11 is 0. The Morgan fingerprint density at radius 2 is 1.73 bits per heavy atom. The second kappa shape index (κ2) is 8.14. The molecule has 0 saturated heterocycles. The van der Waals surface area contributed by atoms with Gasteiger partial charge in [0.15, 0.2) is 5.60 Å². The van der Waals surface area contributed by atoms with Crippen molar-refractivity contribution in [3.8, 4) is 5.75 Å². The summed E-state index contributed by atoms with van der Waals surface area (Å²) in [6, 6.07) is 18.6. The lowest BCUT2D eigenvalue weighted by Gasteiger charge is -2.35. The molecule has 1 aliphatic carbocycles. The van der Waals surface area contributed by atoms with Crippen LogP contribution in [-0.4, -0.2) is 16.2 Å². The molecule has 0 aromatic heterocycles. The molecule has 0 amide bonds.